The first kappa shape index (κ1) is 22.0. The van der Waals surface area contributed by atoms with Gasteiger partial charge >= 0.3 is 0 Å². The van der Waals surface area contributed by atoms with Crippen molar-refractivity contribution < 1.29 is 4.79 Å². The molecule has 0 atom stereocenters. The lowest BCUT2D eigenvalue weighted by molar-refractivity contribution is -0.116. The van der Waals surface area contributed by atoms with Crippen LogP contribution in [0.25, 0.3) is 0 Å². The molecule has 1 amide bonds. The SMILES string of the molecule is N#CCCC(=O)Nc1cc(Cc2c(Cl)cccc2Cl)nc(Nc2ccc(C#N)cc2)n1. The summed E-state index contributed by atoms with van der Waals surface area (Å²) in [5, 5.41) is 24.4. The second-order valence-electron chi connectivity index (χ2n) is 6.47. The Morgan fingerprint density at radius 2 is 1.74 bits per heavy atom. The summed E-state index contributed by atoms with van der Waals surface area (Å²) >= 11 is 12.6. The van der Waals surface area contributed by atoms with Gasteiger partial charge in [-0.25, -0.2) is 4.98 Å². The second-order valence-corrected chi connectivity index (χ2v) is 7.28. The van der Waals surface area contributed by atoms with E-state index in [1.54, 1.807) is 48.5 Å². The monoisotopic (exact) mass is 450 g/mol. The fraction of sp³-hybridized carbons (Fsp3) is 0.136. The highest BCUT2D eigenvalue weighted by atomic mass is 35.5. The maximum atomic E-state index is 12.1. The molecular weight excluding hydrogens is 435 g/mol. The lowest BCUT2D eigenvalue weighted by Crippen LogP contribution is -2.14. The smallest absolute Gasteiger partial charge is 0.229 e. The molecule has 0 unspecified atom stereocenters. The van der Waals surface area contributed by atoms with Crippen molar-refractivity contribution in [3.8, 4) is 12.1 Å². The fourth-order valence-corrected chi connectivity index (χ4v) is 3.25. The minimum atomic E-state index is -0.328. The number of aromatic nitrogens is 2. The van der Waals surface area contributed by atoms with E-state index in [9.17, 15) is 4.79 Å². The van der Waals surface area contributed by atoms with Crippen LogP contribution in [0.1, 0.15) is 29.7 Å². The molecule has 7 nitrogen and oxygen atoms in total. The number of nitrogens with one attached hydrogen (secondary N) is 2. The Bertz CT molecular complexity index is 1160. The number of nitriles is 2. The Balaban J connectivity index is 1.92. The van der Waals surface area contributed by atoms with Crippen molar-refractivity contribution in [3.05, 3.63) is 75.4 Å². The maximum Gasteiger partial charge on any atom is 0.229 e. The van der Waals surface area contributed by atoms with Crippen molar-refractivity contribution >= 4 is 46.6 Å². The van der Waals surface area contributed by atoms with Gasteiger partial charge in [-0.15, -0.1) is 0 Å². The first-order valence-electron chi connectivity index (χ1n) is 9.23. The summed E-state index contributed by atoms with van der Waals surface area (Å²) in [6.45, 7) is 0. The normalized spacial score (nSPS) is 10.1. The van der Waals surface area contributed by atoms with E-state index in [0.717, 1.165) is 0 Å². The number of amides is 1. The molecule has 0 radical (unpaired) electrons. The van der Waals surface area contributed by atoms with Crippen LogP contribution in [-0.4, -0.2) is 15.9 Å². The summed E-state index contributed by atoms with van der Waals surface area (Å²) < 4.78 is 0. The highest BCUT2D eigenvalue weighted by molar-refractivity contribution is 6.36. The van der Waals surface area contributed by atoms with E-state index in [-0.39, 0.29) is 30.5 Å². The molecule has 0 saturated carbocycles. The Morgan fingerprint density at radius 3 is 2.39 bits per heavy atom. The highest BCUT2D eigenvalue weighted by Gasteiger charge is 2.12. The summed E-state index contributed by atoms with van der Waals surface area (Å²) in [6.07, 6.45) is 0.490. The quantitative estimate of drug-likeness (QED) is 0.508. The van der Waals surface area contributed by atoms with Crippen LogP contribution >= 0.6 is 23.2 Å². The van der Waals surface area contributed by atoms with Gasteiger partial charge in [0.2, 0.25) is 11.9 Å². The molecule has 0 saturated heterocycles. The summed E-state index contributed by atoms with van der Waals surface area (Å²) in [6, 6.07) is 17.7. The van der Waals surface area contributed by atoms with Gasteiger partial charge in [-0.3, -0.25) is 4.79 Å². The van der Waals surface area contributed by atoms with Crippen LogP contribution < -0.4 is 10.6 Å². The number of carbonyl (C=O) groups is 1. The number of carbonyl (C=O) groups excluding carboxylic acids is 1. The van der Waals surface area contributed by atoms with E-state index in [4.69, 9.17) is 33.7 Å². The Morgan fingerprint density at radius 1 is 1.03 bits per heavy atom. The lowest BCUT2D eigenvalue weighted by Gasteiger charge is -2.12. The molecule has 1 heterocycles. The largest absolute Gasteiger partial charge is 0.324 e. The molecule has 2 N–H and O–H groups in total. The molecule has 0 aliphatic heterocycles. The third-order valence-electron chi connectivity index (χ3n) is 4.20. The van der Waals surface area contributed by atoms with Gasteiger partial charge in [-0.1, -0.05) is 29.3 Å². The molecule has 0 fully saturated rings. The minimum absolute atomic E-state index is 0.0601. The average Bonchev–Trinajstić information content (AvgIpc) is 2.75. The molecule has 2 aromatic carbocycles. The number of anilines is 3. The molecule has 3 aromatic rings. The molecule has 31 heavy (non-hydrogen) atoms. The van der Waals surface area contributed by atoms with Crippen molar-refractivity contribution in [2.45, 2.75) is 19.3 Å². The van der Waals surface area contributed by atoms with Gasteiger partial charge < -0.3 is 10.6 Å². The number of benzene rings is 2. The van der Waals surface area contributed by atoms with Crippen molar-refractivity contribution in [2.75, 3.05) is 10.6 Å². The second kappa shape index (κ2) is 10.4. The molecule has 0 spiro atoms. The summed E-state index contributed by atoms with van der Waals surface area (Å²) in [5.41, 5.74) is 2.49. The zero-order chi connectivity index (χ0) is 22.2. The number of hydrogen-bond acceptors (Lipinski definition) is 6. The van der Waals surface area contributed by atoms with Crippen LogP contribution in [0, 0.1) is 22.7 Å². The zero-order valence-corrected chi connectivity index (χ0v) is 17.7. The molecule has 0 bridgehead atoms. The number of nitrogens with zero attached hydrogens (tertiary/aromatic N) is 4. The molecule has 154 valence electrons. The standard InChI is InChI=1S/C22H16Cl2N6O/c23-18-3-1-4-19(24)17(18)11-16-12-20(29-21(31)5-2-10-25)30-22(28-16)27-15-8-6-14(13-26)7-9-15/h1,3-4,6-9,12H,2,5,11H2,(H2,27,28,29,30,31). The van der Waals surface area contributed by atoms with Crippen LogP contribution in [0.2, 0.25) is 10.0 Å². The number of rotatable bonds is 7. The van der Waals surface area contributed by atoms with Crippen molar-refractivity contribution in [1.82, 2.24) is 9.97 Å². The van der Waals surface area contributed by atoms with E-state index < -0.39 is 0 Å². The predicted molar refractivity (Wildman–Crippen MR) is 119 cm³/mol. The van der Waals surface area contributed by atoms with Crippen molar-refractivity contribution in [1.29, 1.82) is 10.5 Å². The summed E-state index contributed by atoms with van der Waals surface area (Å²) in [4.78, 5) is 20.9. The van der Waals surface area contributed by atoms with Gasteiger partial charge in [0.05, 0.1) is 23.4 Å². The van der Waals surface area contributed by atoms with Crippen LogP contribution in [0.15, 0.2) is 48.5 Å². The Kier molecular flexibility index (Phi) is 7.40. The van der Waals surface area contributed by atoms with Gasteiger partial charge in [-0.05, 0) is 42.0 Å². The molecule has 1 aromatic heterocycles. The molecule has 9 heteroatoms. The molecular formula is C22H16Cl2N6O. The van der Waals surface area contributed by atoms with Gasteiger partial charge in [-0.2, -0.15) is 15.5 Å². The van der Waals surface area contributed by atoms with Crippen LogP contribution in [0.5, 0.6) is 0 Å². The zero-order valence-electron chi connectivity index (χ0n) is 16.2. The molecule has 3 rings (SSSR count). The van der Waals surface area contributed by atoms with Crippen molar-refractivity contribution in [2.24, 2.45) is 0 Å². The molecule has 0 aliphatic carbocycles. The summed E-state index contributed by atoms with van der Waals surface area (Å²) in [5.74, 6) is 0.208. The third kappa shape index (κ3) is 6.16. The summed E-state index contributed by atoms with van der Waals surface area (Å²) in [7, 11) is 0. The number of hydrogen-bond donors (Lipinski definition) is 2. The fourth-order valence-electron chi connectivity index (χ4n) is 2.72. The van der Waals surface area contributed by atoms with E-state index >= 15 is 0 Å². The number of halogens is 2. The van der Waals surface area contributed by atoms with Crippen molar-refractivity contribution in [3.63, 3.8) is 0 Å². The van der Waals surface area contributed by atoms with E-state index in [0.29, 0.717) is 39.0 Å². The first-order chi connectivity index (χ1) is 15.0. The van der Waals surface area contributed by atoms with Gasteiger partial charge in [0.15, 0.2) is 0 Å². The van der Waals surface area contributed by atoms with Crippen LogP contribution in [0.4, 0.5) is 17.5 Å². The highest BCUT2D eigenvalue weighted by Crippen LogP contribution is 2.27. The van der Waals surface area contributed by atoms with E-state index in [1.165, 1.54) is 0 Å². The maximum absolute atomic E-state index is 12.1. The first-order valence-corrected chi connectivity index (χ1v) is 9.99. The van der Waals surface area contributed by atoms with Gasteiger partial charge in [0.1, 0.15) is 5.82 Å². The lowest BCUT2D eigenvalue weighted by atomic mass is 10.1. The average molecular weight is 451 g/mol. The third-order valence-corrected chi connectivity index (χ3v) is 4.91. The Labute approximate surface area is 189 Å². The van der Waals surface area contributed by atoms with Gasteiger partial charge in [0, 0.05) is 41.1 Å². The van der Waals surface area contributed by atoms with E-state index in [1.807, 2.05) is 6.07 Å². The topological polar surface area (TPSA) is 114 Å². The molecule has 0 aliphatic rings. The predicted octanol–water partition coefficient (Wildman–Crippen LogP) is 5.23. The minimum Gasteiger partial charge on any atom is -0.324 e. The van der Waals surface area contributed by atoms with Crippen LogP contribution in [0.3, 0.4) is 0 Å². The van der Waals surface area contributed by atoms with E-state index in [2.05, 4.69) is 26.7 Å². The Hall–Kier alpha value is -3.65. The van der Waals surface area contributed by atoms with Crippen LogP contribution in [-0.2, 0) is 11.2 Å². The van der Waals surface area contributed by atoms with Gasteiger partial charge in [0.25, 0.3) is 0 Å².